The smallest absolute Gasteiger partial charge is 0.259 e. The number of ether oxygens (including phenoxy) is 2. The molecule has 5 rings (SSSR count). The van der Waals surface area contributed by atoms with E-state index >= 15 is 0 Å². The molecule has 0 unspecified atom stereocenters. The predicted molar refractivity (Wildman–Crippen MR) is 132 cm³/mol. The summed E-state index contributed by atoms with van der Waals surface area (Å²) in [5, 5.41) is 17.5. The minimum atomic E-state index is -0.544. The number of aliphatic hydroxyl groups excluding tert-OH is 1. The second-order valence-electron chi connectivity index (χ2n) is 8.88. The molecule has 2 atom stereocenters. The SMILES string of the molecule is COc1cc(-n2cnc3cc(-c4cnn(C)c4)ccc32)cc(OC)c1C(=O)N[C@H]1CCCC[C@@H]1O. The minimum absolute atomic E-state index is 0.281. The molecule has 1 fully saturated rings. The number of hydrogen-bond acceptors (Lipinski definition) is 6. The van der Waals surface area contributed by atoms with Crippen molar-refractivity contribution in [3.8, 4) is 28.3 Å². The molecule has 1 aliphatic carbocycles. The molecule has 0 aliphatic heterocycles. The van der Waals surface area contributed by atoms with Crippen molar-refractivity contribution in [3.05, 3.63) is 54.6 Å². The van der Waals surface area contributed by atoms with Crippen LogP contribution < -0.4 is 14.8 Å². The van der Waals surface area contributed by atoms with Crippen LogP contribution in [0.5, 0.6) is 11.5 Å². The molecule has 0 spiro atoms. The molecule has 4 aromatic rings. The summed E-state index contributed by atoms with van der Waals surface area (Å²) in [5.41, 5.74) is 4.85. The van der Waals surface area contributed by atoms with Crippen LogP contribution in [-0.4, -0.2) is 56.7 Å². The molecular weight excluding hydrogens is 446 g/mol. The highest BCUT2D eigenvalue weighted by Crippen LogP contribution is 2.34. The average molecular weight is 476 g/mol. The van der Waals surface area contributed by atoms with Gasteiger partial charge in [0.15, 0.2) is 0 Å². The molecule has 182 valence electrons. The number of fused-ring (bicyclic) bond motifs is 1. The van der Waals surface area contributed by atoms with Crippen LogP contribution in [-0.2, 0) is 7.05 Å². The van der Waals surface area contributed by atoms with Crippen molar-refractivity contribution in [1.82, 2.24) is 24.6 Å². The largest absolute Gasteiger partial charge is 0.496 e. The number of aliphatic hydroxyl groups is 1. The van der Waals surface area contributed by atoms with Gasteiger partial charge in [-0.2, -0.15) is 5.10 Å². The molecule has 0 saturated heterocycles. The number of nitrogens with zero attached hydrogens (tertiary/aromatic N) is 4. The van der Waals surface area contributed by atoms with Gasteiger partial charge in [0.25, 0.3) is 5.91 Å². The van der Waals surface area contributed by atoms with E-state index in [1.54, 1.807) is 23.1 Å². The number of nitrogens with one attached hydrogen (secondary N) is 1. The lowest BCUT2D eigenvalue weighted by atomic mass is 9.92. The number of hydrogen-bond donors (Lipinski definition) is 2. The number of carbonyl (C=O) groups excluding carboxylic acids is 1. The number of aryl methyl sites for hydroxylation is 1. The van der Waals surface area contributed by atoms with E-state index in [2.05, 4.69) is 15.4 Å². The van der Waals surface area contributed by atoms with E-state index in [9.17, 15) is 9.90 Å². The maximum atomic E-state index is 13.2. The Balaban J connectivity index is 1.50. The van der Waals surface area contributed by atoms with Gasteiger partial charge in [-0.25, -0.2) is 4.98 Å². The van der Waals surface area contributed by atoms with Crippen molar-refractivity contribution in [2.24, 2.45) is 7.05 Å². The van der Waals surface area contributed by atoms with Gasteiger partial charge in [0.05, 0.1) is 49.3 Å². The molecule has 1 aliphatic rings. The van der Waals surface area contributed by atoms with Crippen LogP contribution in [0.15, 0.2) is 49.1 Å². The maximum Gasteiger partial charge on any atom is 0.259 e. The normalized spacial score (nSPS) is 17.9. The second kappa shape index (κ2) is 9.42. The lowest BCUT2D eigenvalue weighted by Crippen LogP contribution is -2.45. The number of amides is 1. The summed E-state index contributed by atoms with van der Waals surface area (Å²) >= 11 is 0. The van der Waals surface area contributed by atoms with Gasteiger partial charge >= 0.3 is 0 Å². The van der Waals surface area contributed by atoms with Crippen LogP contribution in [0.1, 0.15) is 36.0 Å². The Morgan fingerprint density at radius 2 is 1.83 bits per heavy atom. The predicted octanol–water partition coefficient (Wildman–Crippen LogP) is 3.48. The molecule has 0 radical (unpaired) electrons. The van der Waals surface area contributed by atoms with Crippen molar-refractivity contribution in [2.75, 3.05) is 14.2 Å². The Hall–Kier alpha value is -3.85. The van der Waals surface area contributed by atoms with Gasteiger partial charge in [-0.3, -0.25) is 14.0 Å². The monoisotopic (exact) mass is 475 g/mol. The quantitative estimate of drug-likeness (QED) is 0.443. The van der Waals surface area contributed by atoms with E-state index in [-0.39, 0.29) is 11.9 Å². The molecule has 9 nitrogen and oxygen atoms in total. The van der Waals surface area contributed by atoms with Crippen molar-refractivity contribution in [1.29, 1.82) is 0 Å². The first-order chi connectivity index (χ1) is 17.0. The zero-order valence-corrected chi connectivity index (χ0v) is 20.1. The highest BCUT2D eigenvalue weighted by molar-refractivity contribution is 6.00. The van der Waals surface area contributed by atoms with Crippen LogP contribution in [0.4, 0.5) is 0 Å². The Kier molecular flexibility index (Phi) is 6.17. The summed E-state index contributed by atoms with van der Waals surface area (Å²) in [6.07, 6.45) is 8.37. The Bertz CT molecular complexity index is 1350. The van der Waals surface area contributed by atoms with Gasteiger partial charge in [0.1, 0.15) is 23.4 Å². The third-order valence-electron chi connectivity index (χ3n) is 6.63. The van der Waals surface area contributed by atoms with Gasteiger partial charge in [-0.05, 0) is 30.5 Å². The van der Waals surface area contributed by atoms with Gasteiger partial charge in [-0.1, -0.05) is 18.9 Å². The summed E-state index contributed by atoms with van der Waals surface area (Å²) in [6.45, 7) is 0. The fourth-order valence-electron chi connectivity index (χ4n) is 4.75. The summed E-state index contributed by atoms with van der Waals surface area (Å²) in [5.74, 6) is 0.444. The minimum Gasteiger partial charge on any atom is -0.496 e. The van der Waals surface area contributed by atoms with Crippen LogP contribution in [0.2, 0.25) is 0 Å². The molecule has 1 saturated carbocycles. The van der Waals surface area contributed by atoms with Crippen molar-refractivity contribution in [3.63, 3.8) is 0 Å². The number of aromatic nitrogens is 4. The average Bonchev–Trinajstić information content (AvgIpc) is 3.50. The van der Waals surface area contributed by atoms with Crippen molar-refractivity contribution >= 4 is 16.9 Å². The fourth-order valence-corrected chi connectivity index (χ4v) is 4.75. The highest BCUT2D eigenvalue weighted by atomic mass is 16.5. The fraction of sp³-hybridized carbons (Fsp3) is 0.346. The number of carbonyl (C=O) groups is 1. The van der Waals surface area contributed by atoms with Crippen LogP contribution >= 0.6 is 0 Å². The van der Waals surface area contributed by atoms with E-state index < -0.39 is 6.10 Å². The van der Waals surface area contributed by atoms with Crippen molar-refractivity contribution in [2.45, 2.75) is 37.8 Å². The summed E-state index contributed by atoms with van der Waals surface area (Å²) < 4.78 is 14.9. The molecular formula is C26H29N5O4. The topological polar surface area (TPSA) is 103 Å². The number of benzene rings is 2. The third kappa shape index (κ3) is 4.35. The van der Waals surface area contributed by atoms with Crippen molar-refractivity contribution < 1.29 is 19.4 Å². The Labute approximate surface area is 203 Å². The molecule has 35 heavy (non-hydrogen) atoms. The number of rotatable bonds is 6. The van der Waals surface area contributed by atoms with Gasteiger partial charge < -0.3 is 19.9 Å². The number of imidazole rings is 1. The summed E-state index contributed by atoms with van der Waals surface area (Å²) in [6, 6.07) is 9.37. The van der Waals surface area contributed by atoms with Gasteiger partial charge in [-0.15, -0.1) is 0 Å². The molecule has 2 N–H and O–H groups in total. The third-order valence-corrected chi connectivity index (χ3v) is 6.63. The van der Waals surface area contributed by atoms with E-state index in [0.29, 0.717) is 23.5 Å². The molecule has 1 amide bonds. The molecule has 0 bridgehead atoms. The molecule has 2 aromatic carbocycles. The summed E-state index contributed by atoms with van der Waals surface area (Å²) in [4.78, 5) is 17.8. The zero-order valence-electron chi connectivity index (χ0n) is 20.1. The Morgan fingerprint density at radius 3 is 2.49 bits per heavy atom. The maximum absolute atomic E-state index is 13.2. The first kappa shape index (κ1) is 22.9. The molecule has 9 heteroatoms. The van der Waals surface area contributed by atoms with Crippen LogP contribution in [0.3, 0.4) is 0 Å². The molecule has 2 aromatic heterocycles. The lowest BCUT2D eigenvalue weighted by Gasteiger charge is -2.28. The number of methoxy groups -OCH3 is 2. The van der Waals surface area contributed by atoms with Crippen LogP contribution in [0.25, 0.3) is 27.8 Å². The summed E-state index contributed by atoms with van der Waals surface area (Å²) in [7, 11) is 4.94. The highest BCUT2D eigenvalue weighted by Gasteiger charge is 2.28. The zero-order chi connectivity index (χ0) is 24.5. The van der Waals surface area contributed by atoms with E-state index in [0.717, 1.165) is 47.1 Å². The standard InChI is InChI=1S/C26H29N5O4/c1-30-14-17(13-28-30)16-8-9-21-20(10-16)27-15-31(21)18-11-23(34-2)25(24(12-18)35-3)26(33)29-19-6-4-5-7-22(19)32/h8-15,19,22,32H,4-7H2,1-3H3,(H,29,33)/t19-,22-/m0/s1. The van der Waals surface area contributed by atoms with E-state index in [1.807, 2.05) is 42.2 Å². The first-order valence-corrected chi connectivity index (χ1v) is 11.7. The Morgan fingerprint density at radius 1 is 1.09 bits per heavy atom. The van der Waals surface area contributed by atoms with Gasteiger partial charge in [0.2, 0.25) is 0 Å². The van der Waals surface area contributed by atoms with E-state index in [4.69, 9.17) is 9.47 Å². The van der Waals surface area contributed by atoms with Gasteiger partial charge in [0, 0.05) is 30.9 Å². The van der Waals surface area contributed by atoms with Crippen LogP contribution in [0, 0.1) is 0 Å². The lowest BCUT2D eigenvalue weighted by molar-refractivity contribution is 0.0713. The molecule has 2 heterocycles. The van der Waals surface area contributed by atoms with E-state index in [1.165, 1.54) is 14.2 Å². The first-order valence-electron chi connectivity index (χ1n) is 11.7. The second-order valence-corrected chi connectivity index (χ2v) is 8.88.